The molecule has 2 rings (SSSR count). The average molecular weight is 295 g/mol. The van der Waals surface area contributed by atoms with Crippen LogP contribution in [0.4, 0.5) is 11.9 Å². The Labute approximate surface area is 126 Å². The van der Waals surface area contributed by atoms with Gasteiger partial charge in [0.25, 0.3) is 0 Å². The molecule has 1 aromatic rings. The molecule has 1 saturated heterocycles. The molecule has 0 aromatic carbocycles. The summed E-state index contributed by atoms with van der Waals surface area (Å²) < 4.78 is 11.1. The fraction of sp³-hybridized carbons (Fsp3) is 0.786. The Morgan fingerprint density at radius 2 is 2.05 bits per heavy atom. The van der Waals surface area contributed by atoms with E-state index in [0.29, 0.717) is 24.5 Å². The van der Waals surface area contributed by atoms with Crippen LogP contribution in [0.5, 0.6) is 6.01 Å². The summed E-state index contributed by atoms with van der Waals surface area (Å²) in [5, 5.41) is 3.20. The molecule has 1 aliphatic rings. The highest BCUT2D eigenvalue weighted by molar-refractivity contribution is 5.38. The largest absolute Gasteiger partial charge is 0.457 e. The molecule has 1 N–H and O–H groups in total. The van der Waals surface area contributed by atoms with Gasteiger partial charge in [-0.15, -0.1) is 0 Å². The maximum absolute atomic E-state index is 5.82. The van der Waals surface area contributed by atoms with Gasteiger partial charge in [-0.25, -0.2) is 0 Å². The molecule has 7 nitrogen and oxygen atoms in total. The predicted octanol–water partition coefficient (Wildman–Crippen LogP) is 1.71. The molecule has 21 heavy (non-hydrogen) atoms. The molecule has 118 valence electrons. The van der Waals surface area contributed by atoms with Gasteiger partial charge >= 0.3 is 6.01 Å². The van der Waals surface area contributed by atoms with Crippen LogP contribution in [-0.2, 0) is 4.74 Å². The molecule has 7 heteroatoms. The highest BCUT2D eigenvalue weighted by atomic mass is 16.6. The smallest absolute Gasteiger partial charge is 0.323 e. The number of aromatic nitrogens is 3. The zero-order chi connectivity index (χ0) is 15.1. The first-order valence-corrected chi connectivity index (χ1v) is 7.76. The number of anilines is 2. The normalized spacial score (nSPS) is 17.8. The topological polar surface area (TPSA) is 72.4 Å². The van der Waals surface area contributed by atoms with Crippen LogP contribution in [-0.4, -0.2) is 53.9 Å². The molecule has 0 spiro atoms. The lowest BCUT2D eigenvalue weighted by atomic mass is 10.3. The number of ether oxygens (including phenoxy) is 2. The second-order valence-electron chi connectivity index (χ2n) is 4.94. The maximum Gasteiger partial charge on any atom is 0.323 e. The summed E-state index contributed by atoms with van der Waals surface area (Å²) in [5.74, 6) is 1.23. The van der Waals surface area contributed by atoms with Crippen molar-refractivity contribution < 1.29 is 9.47 Å². The zero-order valence-corrected chi connectivity index (χ0v) is 13.1. The van der Waals surface area contributed by atoms with E-state index in [1.54, 1.807) is 0 Å². The fourth-order valence-corrected chi connectivity index (χ4v) is 2.12. The van der Waals surface area contributed by atoms with Gasteiger partial charge in [0.05, 0.1) is 13.2 Å². The van der Waals surface area contributed by atoms with Crippen LogP contribution in [0.15, 0.2) is 0 Å². The first-order valence-electron chi connectivity index (χ1n) is 7.76. The first kappa shape index (κ1) is 15.8. The summed E-state index contributed by atoms with van der Waals surface area (Å²) in [6, 6.07) is 0.376. The van der Waals surface area contributed by atoms with Crippen molar-refractivity contribution >= 4 is 11.9 Å². The van der Waals surface area contributed by atoms with Crippen molar-refractivity contribution in [3.63, 3.8) is 0 Å². The maximum atomic E-state index is 5.82. The Hall–Kier alpha value is -1.63. The van der Waals surface area contributed by atoms with E-state index < -0.39 is 0 Å². The number of rotatable bonds is 8. The number of nitrogens with zero attached hydrogens (tertiary/aromatic N) is 4. The monoisotopic (exact) mass is 295 g/mol. The van der Waals surface area contributed by atoms with Crippen LogP contribution in [0.2, 0.25) is 0 Å². The Balaban J connectivity index is 2.18. The van der Waals surface area contributed by atoms with Crippen molar-refractivity contribution in [3.8, 4) is 6.01 Å². The molecule has 1 aromatic heterocycles. The van der Waals surface area contributed by atoms with E-state index in [1.165, 1.54) is 0 Å². The third-order valence-corrected chi connectivity index (χ3v) is 3.34. The molecule has 0 bridgehead atoms. The molecule has 2 heterocycles. The summed E-state index contributed by atoms with van der Waals surface area (Å²) in [5.41, 5.74) is 0. The van der Waals surface area contributed by atoms with Gasteiger partial charge in [-0.3, -0.25) is 0 Å². The Morgan fingerprint density at radius 3 is 2.67 bits per heavy atom. The van der Waals surface area contributed by atoms with Crippen LogP contribution in [0, 0.1) is 0 Å². The summed E-state index contributed by atoms with van der Waals surface area (Å²) in [7, 11) is 0. The van der Waals surface area contributed by atoms with E-state index in [2.05, 4.69) is 45.9 Å². The summed E-state index contributed by atoms with van der Waals surface area (Å²) in [6.07, 6.45) is 1.93. The van der Waals surface area contributed by atoms with Crippen molar-refractivity contribution in [3.05, 3.63) is 0 Å². The van der Waals surface area contributed by atoms with Gasteiger partial charge in [-0.05, 0) is 20.3 Å². The first-order chi connectivity index (χ1) is 10.3. The fourth-order valence-electron chi connectivity index (χ4n) is 2.12. The molecular formula is C14H25N5O2. The second-order valence-corrected chi connectivity index (χ2v) is 4.94. The van der Waals surface area contributed by atoms with E-state index in [4.69, 9.17) is 9.47 Å². The highest BCUT2D eigenvalue weighted by Gasteiger charge is 2.20. The Bertz CT molecular complexity index is 433. The molecular weight excluding hydrogens is 270 g/mol. The Morgan fingerprint density at radius 1 is 1.24 bits per heavy atom. The van der Waals surface area contributed by atoms with Gasteiger partial charge in [0, 0.05) is 26.1 Å². The minimum atomic E-state index is 0.0379. The SMILES string of the molecule is CCCNc1nc(OC2CCOC2)nc(N(CC)CC)n1. The molecule has 0 amide bonds. The van der Waals surface area contributed by atoms with Crippen molar-refractivity contribution in [1.82, 2.24) is 15.0 Å². The van der Waals surface area contributed by atoms with E-state index >= 15 is 0 Å². The predicted molar refractivity (Wildman–Crippen MR) is 82.0 cm³/mol. The second kappa shape index (κ2) is 7.97. The van der Waals surface area contributed by atoms with Gasteiger partial charge < -0.3 is 19.7 Å². The van der Waals surface area contributed by atoms with Crippen LogP contribution >= 0.6 is 0 Å². The lowest BCUT2D eigenvalue weighted by molar-refractivity contribution is 0.134. The highest BCUT2D eigenvalue weighted by Crippen LogP contribution is 2.18. The third-order valence-electron chi connectivity index (χ3n) is 3.34. The Kier molecular flexibility index (Phi) is 5.98. The minimum absolute atomic E-state index is 0.0379. The number of nitrogens with one attached hydrogen (secondary N) is 1. The molecule has 0 saturated carbocycles. The van der Waals surface area contributed by atoms with Gasteiger partial charge in [0.1, 0.15) is 6.10 Å². The lowest BCUT2D eigenvalue weighted by Gasteiger charge is -2.20. The van der Waals surface area contributed by atoms with Crippen LogP contribution in [0.25, 0.3) is 0 Å². The molecule has 0 aliphatic carbocycles. The summed E-state index contributed by atoms with van der Waals surface area (Å²) in [6.45, 7) is 10.1. The number of hydrogen-bond acceptors (Lipinski definition) is 7. The molecule has 0 radical (unpaired) electrons. The van der Waals surface area contributed by atoms with Crippen molar-refractivity contribution in [2.24, 2.45) is 0 Å². The van der Waals surface area contributed by atoms with Crippen LogP contribution < -0.4 is 15.0 Å². The van der Waals surface area contributed by atoms with Gasteiger partial charge in [0.2, 0.25) is 11.9 Å². The summed E-state index contributed by atoms with van der Waals surface area (Å²) in [4.78, 5) is 15.3. The van der Waals surface area contributed by atoms with E-state index in [0.717, 1.165) is 39.1 Å². The molecule has 1 fully saturated rings. The van der Waals surface area contributed by atoms with Gasteiger partial charge in [-0.1, -0.05) is 6.92 Å². The number of hydrogen-bond donors (Lipinski definition) is 1. The zero-order valence-electron chi connectivity index (χ0n) is 13.1. The van der Waals surface area contributed by atoms with Crippen LogP contribution in [0.1, 0.15) is 33.6 Å². The van der Waals surface area contributed by atoms with E-state index in [1.807, 2.05) is 0 Å². The van der Waals surface area contributed by atoms with Gasteiger partial charge in [-0.2, -0.15) is 15.0 Å². The van der Waals surface area contributed by atoms with Gasteiger partial charge in [0.15, 0.2) is 0 Å². The standard InChI is InChI=1S/C14H25N5O2/c1-4-8-15-12-16-13(19(5-2)6-3)18-14(17-12)21-11-7-9-20-10-11/h11H,4-10H2,1-3H3,(H,15,16,17,18). The van der Waals surface area contributed by atoms with E-state index in [-0.39, 0.29) is 6.10 Å². The minimum Gasteiger partial charge on any atom is -0.457 e. The average Bonchev–Trinajstić information content (AvgIpc) is 2.99. The van der Waals surface area contributed by atoms with Crippen molar-refractivity contribution in [2.75, 3.05) is 43.1 Å². The molecule has 1 atom stereocenters. The van der Waals surface area contributed by atoms with Crippen molar-refractivity contribution in [2.45, 2.75) is 39.7 Å². The van der Waals surface area contributed by atoms with Crippen LogP contribution in [0.3, 0.4) is 0 Å². The quantitative estimate of drug-likeness (QED) is 0.782. The molecule has 1 aliphatic heterocycles. The molecule has 1 unspecified atom stereocenters. The third kappa shape index (κ3) is 4.42. The van der Waals surface area contributed by atoms with Crippen molar-refractivity contribution in [1.29, 1.82) is 0 Å². The summed E-state index contributed by atoms with van der Waals surface area (Å²) >= 11 is 0. The van der Waals surface area contributed by atoms with E-state index in [9.17, 15) is 0 Å². The lowest BCUT2D eigenvalue weighted by Crippen LogP contribution is -2.26.